The number of rotatable bonds is 5. The van der Waals surface area contributed by atoms with Gasteiger partial charge in [0.25, 0.3) is 0 Å². The lowest BCUT2D eigenvalue weighted by Gasteiger charge is -2.28. The highest BCUT2D eigenvalue weighted by Gasteiger charge is 2.23. The fraction of sp³-hybridized carbons (Fsp3) is 1.00. The molecule has 0 rings (SSSR count). The van der Waals surface area contributed by atoms with Crippen LogP contribution in [-0.4, -0.2) is 16.2 Å². The first-order chi connectivity index (χ1) is 5.54. The van der Waals surface area contributed by atoms with Gasteiger partial charge in [0.1, 0.15) is 0 Å². The fourth-order valence-corrected chi connectivity index (χ4v) is 3.20. The molecule has 0 saturated carbocycles. The SMILES string of the molecule is CCC(C)C(C)C(C)[SiH](C)OC. The Morgan fingerprint density at radius 2 is 1.75 bits per heavy atom. The molecule has 0 heterocycles. The van der Waals surface area contributed by atoms with Crippen LogP contribution in [0.3, 0.4) is 0 Å². The summed E-state index contributed by atoms with van der Waals surface area (Å²) in [7, 11) is 0.954. The standard InChI is InChI=1S/C10H24OSi/c1-7-8(2)9(3)10(4)12(6)11-5/h8-10,12H,7H2,1-6H3. The average molecular weight is 188 g/mol. The van der Waals surface area contributed by atoms with E-state index < -0.39 is 9.04 Å². The second kappa shape index (κ2) is 5.76. The lowest BCUT2D eigenvalue weighted by atomic mass is 9.91. The van der Waals surface area contributed by atoms with Gasteiger partial charge in [-0.2, -0.15) is 0 Å². The Morgan fingerprint density at radius 1 is 1.25 bits per heavy atom. The molecular formula is C10H24OSi. The van der Waals surface area contributed by atoms with E-state index in [2.05, 4.69) is 34.2 Å². The highest BCUT2D eigenvalue weighted by atomic mass is 28.3. The zero-order chi connectivity index (χ0) is 9.72. The van der Waals surface area contributed by atoms with E-state index in [1.54, 1.807) is 0 Å². The third-order valence-corrected chi connectivity index (χ3v) is 6.31. The predicted octanol–water partition coefficient (Wildman–Crippen LogP) is 3.06. The molecule has 0 fully saturated rings. The van der Waals surface area contributed by atoms with Crippen molar-refractivity contribution in [2.24, 2.45) is 11.8 Å². The molecule has 0 aromatic rings. The van der Waals surface area contributed by atoms with E-state index >= 15 is 0 Å². The van der Waals surface area contributed by atoms with E-state index in [9.17, 15) is 0 Å². The van der Waals surface area contributed by atoms with Crippen LogP contribution >= 0.6 is 0 Å². The van der Waals surface area contributed by atoms with Gasteiger partial charge in [0.15, 0.2) is 9.04 Å². The molecule has 1 nitrogen and oxygen atoms in total. The van der Waals surface area contributed by atoms with Crippen molar-refractivity contribution in [2.45, 2.75) is 46.2 Å². The monoisotopic (exact) mass is 188 g/mol. The van der Waals surface area contributed by atoms with Crippen LogP contribution in [0.2, 0.25) is 12.1 Å². The van der Waals surface area contributed by atoms with Gasteiger partial charge in [0, 0.05) is 7.11 Å². The van der Waals surface area contributed by atoms with E-state index in [-0.39, 0.29) is 0 Å². The van der Waals surface area contributed by atoms with Gasteiger partial charge in [-0.1, -0.05) is 34.1 Å². The minimum atomic E-state index is -0.903. The number of hydrogen-bond acceptors (Lipinski definition) is 1. The molecule has 74 valence electrons. The molecule has 0 aromatic carbocycles. The van der Waals surface area contributed by atoms with Crippen LogP contribution in [0.25, 0.3) is 0 Å². The van der Waals surface area contributed by atoms with Gasteiger partial charge >= 0.3 is 0 Å². The molecule has 4 unspecified atom stereocenters. The summed E-state index contributed by atoms with van der Waals surface area (Å²) in [6.45, 7) is 11.6. The lowest BCUT2D eigenvalue weighted by Crippen LogP contribution is -2.25. The summed E-state index contributed by atoms with van der Waals surface area (Å²) in [5.41, 5.74) is 0.796. The van der Waals surface area contributed by atoms with Crippen LogP contribution in [0.15, 0.2) is 0 Å². The van der Waals surface area contributed by atoms with Crippen molar-refractivity contribution in [3.63, 3.8) is 0 Å². The quantitative estimate of drug-likeness (QED) is 0.603. The van der Waals surface area contributed by atoms with Crippen LogP contribution in [0.5, 0.6) is 0 Å². The smallest absolute Gasteiger partial charge is 0.176 e. The normalized spacial score (nSPS) is 21.5. The van der Waals surface area contributed by atoms with Crippen molar-refractivity contribution < 1.29 is 4.43 Å². The van der Waals surface area contributed by atoms with Gasteiger partial charge in [-0.3, -0.25) is 0 Å². The molecule has 0 saturated heterocycles. The maximum Gasteiger partial charge on any atom is 0.176 e. The molecule has 0 radical (unpaired) electrons. The van der Waals surface area contributed by atoms with Crippen molar-refractivity contribution in [1.29, 1.82) is 0 Å². The van der Waals surface area contributed by atoms with Gasteiger partial charge in [0.05, 0.1) is 0 Å². The largest absolute Gasteiger partial charge is 0.423 e. The van der Waals surface area contributed by atoms with Gasteiger partial charge in [-0.25, -0.2) is 0 Å². The lowest BCUT2D eigenvalue weighted by molar-refractivity contribution is 0.330. The van der Waals surface area contributed by atoms with Gasteiger partial charge < -0.3 is 4.43 Å². The summed E-state index contributed by atoms with van der Waals surface area (Å²) < 4.78 is 5.47. The molecule has 0 bridgehead atoms. The highest BCUT2D eigenvalue weighted by molar-refractivity contribution is 6.51. The fourth-order valence-electron chi connectivity index (χ4n) is 1.53. The van der Waals surface area contributed by atoms with Crippen molar-refractivity contribution in [3.05, 3.63) is 0 Å². The van der Waals surface area contributed by atoms with Gasteiger partial charge in [-0.15, -0.1) is 0 Å². The minimum absolute atomic E-state index is 0.796. The molecule has 0 aliphatic carbocycles. The van der Waals surface area contributed by atoms with Gasteiger partial charge in [0.2, 0.25) is 0 Å². The Bertz CT molecular complexity index is 102. The number of hydrogen-bond donors (Lipinski definition) is 0. The topological polar surface area (TPSA) is 9.23 Å². The summed E-state index contributed by atoms with van der Waals surface area (Å²) >= 11 is 0. The van der Waals surface area contributed by atoms with Crippen LogP contribution in [0.4, 0.5) is 0 Å². The summed E-state index contributed by atoms with van der Waals surface area (Å²) in [5, 5.41) is 0. The molecule has 12 heavy (non-hydrogen) atoms. The van der Waals surface area contributed by atoms with Crippen molar-refractivity contribution >= 4 is 9.04 Å². The first kappa shape index (κ1) is 12.2. The van der Waals surface area contributed by atoms with Crippen molar-refractivity contribution in [3.8, 4) is 0 Å². The van der Waals surface area contributed by atoms with E-state index in [1.807, 2.05) is 7.11 Å². The Hall–Kier alpha value is 0.177. The third-order valence-electron chi connectivity index (χ3n) is 3.48. The maximum atomic E-state index is 5.47. The Labute approximate surface area is 79.2 Å². The Balaban J connectivity index is 3.99. The van der Waals surface area contributed by atoms with Crippen LogP contribution in [-0.2, 0) is 4.43 Å². The summed E-state index contributed by atoms with van der Waals surface area (Å²) in [4.78, 5) is 0. The molecule has 0 amide bonds. The molecule has 0 aromatic heterocycles. The first-order valence-corrected chi connectivity index (χ1v) is 7.36. The summed E-state index contributed by atoms with van der Waals surface area (Å²) in [6.07, 6.45) is 1.29. The van der Waals surface area contributed by atoms with Crippen LogP contribution in [0, 0.1) is 11.8 Å². The molecule has 2 heteroatoms. The molecular weight excluding hydrogens is 164 g/mol. The molecule has 4 atom stereocenters. The van der Waals surface area contributed by atoms with Crippen LogP contribution in [0.1, 0.15) is 34.1 Å². The van der Waals surface area contributed by atoms with E-state index in [0.717, 1.165) is 17.4 Å². The summed E-state index contributed by atoms with van der Waals surface area (Å²) in [6, 6.07) is 0. The maximum absolute atomic E-state index is 5.47. The Kier molecular flexibility index (Phi) is 5.84. The van der Waals surface area contributed by atoms with Crippen LogP contribution < -0.4 is 0 Å². The first-order valence-electron chi connectivity index (χ1n) is 5.07. The second-order valence-electron chi connectivity index (χ2n) is 4.04. The Morgan fingerprint density at radius 3 is 2.08 bits per heavy atom. The molecule has 0 N–H and O–H groups in total. The van der Waals surface area contributed by atoms with Gasteiger partial charge in [-0.05, 0) is 23.9 Å². The average Bonchev–Trinajstić information content (AvgIpc) is 2.12. The molecule has 0 spiro atoms. The molecule has 0 aliphatic heterocycles. The predicted molar refractivity (Wildman–Crippen MR) is 58.1 cm³/mol. The third kappa shape index (κ3) is 3.28. The summed E-state index contributed by atoms with van der Waals surface area (Å²) in [5.74, 6) is 1.65. The highest BCUT2D eigenvalue weighted by Crippen LogP contribution is 2.29. The zero-order valence-electron chi connectivity index (χ0n) is 9.42. The minimum Gasteiger partial charge on any atom is -0.423 e. The second-order valence-corrected chi connectivity index (χ2v) is 6.98. The van der Waals surface area contributed by atoms with E-state index in [4.69, 9.17) is 4.43 Å². The zero-order valence-corrected chi connectivity index (χ0v) is 10.6. The van der Waals surface area contributed by atoms with Crippen molar-refractivity contribution in [1.82, 2.24) is 0 Å². The van der Waals surface area contributed by atoms with Crippen molar-refractivity contribution in [2.75, 3.05) is 7.11 Å². The van der Waals surface area contributed by atoms with E-state index in [1.165, 1.54) is 6.42 Å². The van der Waals surface area contributed by atoms with E-state index in [0.29, 0.717) is 0 Å². The molecule has 0 aliphatic rings.